The number of rotatable bonds is 4. The molecule has 3 rings (SSSR count). The molecule has 0 saturated carbocycles. The van der Waals surface area contributed by atoms with Crippen LogP contribution in [0.15, 0.2) is 42.5 Å². The molecule has 1 fully saturated rings. The minimum absolute atomic E-state index is 0.0652. The number of hydrogen-bond acceptors (Lipinski definition) is 3. The quantitative estimate of drug-likeness (QED) is 0.935. The minimum Gasteiger partial charge on any atom is -0.454 e. The number of ether oxygens (including phenoxy) is 1. The lowest BCUT2D eigenvalue weighted by molar-refractivity contribution is 0.0744. The van der Waals surface area contributed by atoms with Crippen LogP contribution >= 0.6 is 0 Å². The van der Waals surface area contributed by atoms with Crippen LogP contribution in [0.25, 0.3) is 0 Å². The van der Waals surface area contributed by atoms with Gasteiger partial charge in [0.2, 0.25) is 0 Å². The topological polar surface area (TPSA) is 41.6 Å². The fourth-order valence-electron chi connectivity index (χ4n) is 2.69. The van der Waals surface area contributed by atoms with Crippen molar-refractivity contribution in [3.8, 4) is 11.5 Å². The third-order valence-electron chi connectivity index (χ3n) is 4.13. The van der Waals surface area contributed by atoms with E-state index in [1.165, 1.54) is 6.07 Å². The first-order valence-electron chi connectivity index (χ1n) is 7.75. The average molecular weight is 332 g/mol. The SMILES string of the molecule is CN(C(=O)c1ccc(Oc2ccc(F)cc2F)cc1)C1CCNC1. The van der Waals surface area contributed by atoms with Crippen molar-refractivity contribution in [3.63, 3.8) is 0 Å². The number of nitrogens with zero attached hydrogens (tertiary/aromatic N) is 1. The molecule has 0 aromatic heterocycles. The summed E-state index contributed by atoms with van der Waals surface area (Å²) in [5.74, 6) is -1.19. The van der Waals surface area contributed by atoms with Gasteiger partial charge in [0.15, 0.2) is 11.6 Å². The molecule has 1 atom stereocenters. The number of carbonyl (C=O) groups excluding carboxylic acids is 1. The summed E-state index contributed by atoms with van der Waals surface area (Å²) < 4.78 is 31.9. The molecule has 1 N–H and O–H groups in total. The maximum Gasteiger partial charge on any atom is 0.253 e. The van der Waals surface area contributed by atoms with Crippen molar-refractivity contribution in [2.24, 2.45) is 0 Å². The Bertz CT molecular complexity index is 728. The van der Waals surface area contributed by atoms with Crippen LogP contribution in [0.3, 0.4) is 0 Å². The van der Waals surface area contributed by atoms with Gasteiger partial charge in [-0.2, -0.15) is 0 Å². The van der Waals surface area contributed by atoms with Crippen LogP contribution in [0.5, 0.6) is 11.5 Å². The van der Waals surface area contributed by atoms with Crippen LogP contribution in [-0.4, -0.2) is 37.0 Å². The summed E-state index contributed by atoms with van der Waals surface area (Å²) in [7, 11) is 1.79. The van der Waals surface area contributed by atoms with E-state index < -0.39 is 11.6 Å². The standard InChI is InChI=1S/C18H18F2N2O2/c1-22(14-8-9-21-11-14)18(23)12-2-5-15(6-3-12)24-17-7-4-13(19)10-16(17)20/h2-7,10,14,21H,8-9,11H2,1H3. The summed E-state index contributed by atoms with van der Waals surface area (Å²) in [6, 6.07) is 9.77. The summed E-state index contributed by atoms with van der Waals surface area (Å²) in [6.45, 7) is 1.71. The van der Waals surface area contributed by atoms with E-state index in [2.05, 4.69) is 5.32 Å². The van der Waals surface area contributed by atoms with E-state index in [4.69, 9.17) is 4.74 Å². The number of halogens is 2. The first kappa shape index (κ1) is 16.4. The van der Waals surface area contributed by atoms with E-state index in [0.29, 0.717) is 11.3 Å². The average Bonchev–Trinajstić information content (AvgIpc) is 3.11. The molecule has 0 spiro atoms. The highest BCUT2D eigenvalue weighted by molar-refractivity contribution is 5.94. The van der Waals surface area contributed by atoms with E-state index in [1.54, 1.807) is 36.2 Å². The van der Waals surface area contributed by atoms with Crippen LogP contribution in [0.4, 0.5) is 8.78 Å². The molecule has 0 bridgehead atoms. The molecule has 1 aliphatic rings. The molecule has 1 unspecified atom stereocenters. The third-order valence-corrected chi connectivity index (χ3v) is 4.13. The van der Waals surface area contributed by atoms with Gasteiger partial charge in [0.25, 0.3) is 5.91 Å². The third kappa shape index (κ3) is 3.54. The lowest BCUT2D eigenvalue weighted by Gasteiger charge is -2.23. The number of nitrogens with one attached hydrogen (secondary N) is 1. The van der Waals surface area contributed by atoms with Crippen LogP contribution in [0.2, 0.25) is 0 Å². The molecule has 2 aromatic rings. The highest BCUT2D eigenvalue weighted by Crippen LogP contribution is 2.25. The summed E-state index contributed by atoms with van der Waals surface area (Å²) in [4.78, 5) is 14.2. The summed E-state index contributed by atoms with van der Waals surface area (Å²) >= 11 is 0. The Balaban J connectivity index is 1.69. The molecule has 1 aliphatic heterocycles. The zero-order chi connectivity index (χ0) is 17.1. The second-order valence-electron chi connectivity index (χ2n) is 5.76. The monoisotopic (exact) mass is 332 g/mol. The van der Waals surface area contributed by atoms with Gasteiger partial charge in [-0.1, -0.05) is 0 Å². The molecule has 1 heterocycles. The summed E-state index contributed by atoms with van der Waals surface area (Å²) in [5.41, 5.74) is 0.538. The van der Waals surface area contributed by atoms with Crippen molar-refractivity contribution < 1.29 is 18.3 Å². The Morgan fingerprint density at radius 3 is 2.58 bits per heavy atom. The first-order valence-corrected chi connectivity index (χ1v) is 7.75. The second-order valence-corrected chi connectivity index (χ2v) is 5.76. The molecule has 1 saturated heterocycles. The van der Waals surface area contributed by atoms with Gasteiger partial charge in [0, 0.05) is 31.3 Å². The van der Waals surface area contributed by atoms with Gasteiger partial charge < -0.3 is 15.0 Å². The largest absolute Gasteiger partial charge is 0.454 e. The number of carbonyl (C=O) groups is 1. The normalized spacial score (nSPS) is 16.9. The molecule has 24 heavy (non-hydrogen) atoms. The fraction of sp³-hybridized carbons (Fsp3) is 0.278. The van der Waals surface area contributed by atoms with Crippen molar-refractivity contribution in [1.29, 1.82) is 0 Å². The lowest BCUT2D eigenvalue weighted by atomic mass is 10.1. The Labute approximate surface area is 139 Å². The maximum absolute atomic E-state index is 13.6. The number of hydrogen-bond donors (Lipinski definition) is 1. The highest BCUT2D eigenvalue weighted by atomic mass is 19.1. The highest BCUT2D eigenvalue weighted by Gasteiger charge is 2.23. The minimum atomic E-state index is -0.774. The first-order chi connectivity index (χ1) is 11.5. The van der Waals surface area contributed by atoms with Gasteiger partial charge in [-0.15, -0.1) is 0 Å². The van der Waals surface area contributed by atoms with E-state index >= 15 is 0 Å². The Morgan fingerprint density at radius 2 is 1.96 bits per heavy atom. The number of likely N-dealkylation sites (N-methyl/N-ethyl adjacent to an activating group) is 1. The molecule has 4 nitrogen and oxygen atoms in total. The molecule has 0 aliphatic carbocycles. The van der Waals surface area contributed by atoms with E-state index in [0.717, 1.165) is 31.6 Å². The maximum atomic E-state index is 13.6. The lowest BCUT2D eigenvalue weighted by Crippen LogP contribution is -2.38. The van der Waals surface area contributed by atoms with E-state index in [1.807, 2.05) is 0 Å². The van der Waals surface area contributed by atoms with Gasteiger partial charge in [0.1, 0.15) is 11.6 Å². The van der Waals surface area contributed by atoms with Gasteiger partial charge in [-0.25, -0.2) is 8.78 Å². The van der Waals surface area contributed by atoms with Crippen molar-refractivity contribution in [2.45, 2.75) is 12.5 Å². The predicted octanol–water partition coefficient (Wildman–Crippen LogP) is 3.19. The van der Waals surface area contributed by atoms with Crippen molar-refractivity contribution >= 4 is 5.91 Å². The zero-order valence-corrected chi connectivity index (χ0v) is 13.3. The molecule has 1 amide bonds. The van der Waals surface area contributed by atoms with Crippen LogP contribution < -0.4 is 10.1 Å². The number of amides is 1. The molecule has 6 heteroatoms. The fourth-order valence-corrected chi connectivity index (χ4v) is 2.69. The summed E-state index contributed by atoms with van der Waals surface area (Å²) in [5, 5.41) is 3.23. The molecular formula is C18H18F2N2O2. The van der Waals surface area contributed by atoms with E-state index in [-0.39, 0.29) is 17.7 Å². The molecule has 126 valence electrons. The van der Waals surface area contributed by atoms with Crippen molar-refractivity contribution in [1.82, 2.24) is 10.2 Å². The van der Waals surface area contributed by atoms with Crippen molar-refractivity contribution in [3.05, 3.63) is 59.7 Å². The second kappa shape index (κ2) is 6.97. The van der Waals surface area contributed by atoms with Crippen molar-refractivity contribution in [2.75, 3.05) is 20.1 Å². The van der Waals surface area contributed by atoms with Crippen LogP contribution in [0, 0.1) is 11.6 Å². The molecular weight excluding hydrogens is 314 g/mol. The molecule has 0 radical (unpaired) electrons. The predicted molar refractivity (Wildman–Crippen MR) is 86.2 cm³/mol. The van der Waals surface area contributed by atoms with Gasteiger partial charge in [-0.05, 0) is 49.4 Å². The van der Waals surface area contributed by atoms with Gasteiger partial charge in [-0.3, -0.25) is 4.79 Å². The van der Waals surface area contributed by atoms with Gasteiger partial charge >= 0.3 is 0 Å². The summed E-state index contributed by atoms with van der Waals surface area (Å²) in [6.07, 6.45) is 0.938. The Hall–Kier alpha value is -2.47. The number of benzene rings is 2. The van der Waals surface area contributed by atoms with E-state index in [9.17, 15) is 13.6 Å². The van der Waals surface area contributed by atoms with Crippen LogP contribution in [0.1, 0.15) is 16.8 Å². The molecule has 2 aromatic carbocycles. The van der Waals surface area contributed by atoms with Gasteiger partial charge in [0.05, 0.1) is 0 Å². The smallest absolute Gasteiger partial charge is 0.253 e. The zero-order valence-electron chi connectivity index (χ0n) is 13.3. The Kier molecular flexibility index (Phi) is 4.76. The Morgan fingerprint density at radius 1 is 1.21 bits per heavy atom. The van der Waals surface area contributed by atoms with Crippen LogP contribution in [-0.2, 0) is 0 Å².